The lowest BCUT2D eigenvalue weighted by Gasteiger charge is -2.22. The molecule has 11 aromatic rings. The van der Waals surface area contributed by atoms with Crippen molar-refractivity contribution in [1.82, 2.24) is 0 Å². The number of alkyl halides is 6. The monoisotopic (exact) mass is 1920 g/mol. The molecule has 1 aliphatic heterocycles. The van der Waals surface area contributed by atoms with Gasteiger partial charge < -0.3 is 23.2 Å². The predicted octanol–water partition coefficient (Wildman–Crippen LogP) is 26.1. The molecule has 16 rings (SSSR count). The molecule has 0 bridgehead atoms. The summed E-state index contributed by atoms with van der Waals surface area (Å²) >= 11 is 13.8. The van der Waals surface area contributed by atoms with E-state index in [1.165, 1.54) is 75.8 Å². The minimum absolute atomic E-state index is 0. The third-order valence-electron chi connectivity index (χ3n) is 21.7. The van der Waals surface area contributed by atoms with Crippen molar-refractivity contribution in [3.8, 4) is 90.4 Å². The zero-order valence-electron chi connectivity index (χ0n) is 69.7. The number of benzene rings is 11. The Labute approximate surface area is 762 Å². The first kappa shape index (κ1) is 103. The van der Waals surface area contributed by atoms with E-state index in [1.54, 1.807) is 36.4 Å². The highest BCUT2D eigenvalue weighted by Crippen LogP contribution is 2.61. The summed E-state index contributed by atoms with van der Waals surface area (Å²) in [6.07, 6.45) is 13.2. The Hall–Kier alpha value is -10.5. The molecular weight excluding hydrogens is 1830 g/mol. The molecule has 1 heterocycles. The summed E-state index contributed by atoms with van der Waals surface area (Å²) in [6, 6.07) is 52.0. The maximum absolute atomic E-state index is 15.3. The second-order valence-electron chi connectivity index (χ2n) is 31.4. The van der Waals surface area contributed by atoms with Gasteiger partial charge >= 0.3 is 43.6 Å². The number of hydrogen-bond acceptors (Lipinski definition) is 13. The molecule has 0 fully saturated rings. The number of hydrogen-bond donors (Lipinski definition) is 2. The Kier molecular flexibility index (Phi) is 34.4. The molecule has 4 aliphatic carbocycles. The number of aliphatic imine (C=N–C) groups is 1. The van der Waals surface area contributed by atoms with Crippen LogP contribution in [0.5, 0.6) is 11.5 Å². The summed E-state index contributed by atoms with van der Waals surface area (Å²) in [4.78, 5) is 4.26. The van der Waals surface area contributed by atoms with Gasteiger partial charge in [-0.1, -0.05) is 177 Å². The number of nitriles is 2. The van der Waals surface area contributed by atoms with Gasteiger partial charge in [0.25, 0.3) is 0 Å². The fourth-order valence-electron chi connectivity index (χ4n) is 15.7. The third kappa shape index (κ3) is 24.8. The zero-order chi connectivity index (χ0) is 93.3. The highest BCUT2D eigenvalue weighted by Gasteiger charge is 2.50. The van der Waals surface area contributed by atoms with Gasteiger partial charge in [-0.25, -0.2) is 35.7 Å². The van der Waals surface area contributed by atoms with Crippen molar-refractivity contribution in [1.29, 1.82) is 10.5 Å². The van der Waals surface area contributed by atoms with Crippen LogP contribution in [-0.4, -0.2) is 63.1 Å². The van der Waals surface area contributed by atoms with E-state index in [2.05, 4.69) is 123 Å². The fraction of sp³-hybridized carbons (Fsp3) is 0.289. The largest absolute Gasteiger partial charge is 0.534 e. The van der Waals surface area contributed by atoms with Crippen molar-refractivity contribution in [3.63, 3.8) is 0 Å². The smallest absolute Gasteiger partial charge is 0.475 e. The van der Waals surface area contributed by atoms with Crippen LogP contribution in [0.3, 0.4) is 0 Å². The van der Waals surface area contributed by atoms with Crippen LogP contribution in [0, 0.1) is 63.4 Å². The summed E-state index contributed by atoms with van der Waals surface area (Å²) < 4.78 is 243. The number of rotatable bonds is 16. The predicted molar refractivity (Wildman–Crippen MR) is 486 cm³/mol. The molecule has 0 unspecified atom stereocenters. The second kappa shape index (κ2) is 43.3. The quantitative estimate of drug-likeness (QED) is 0.0304. The van der Waals surface area contributed by atoms with E-state index in [0.29, 0.717) is 76.8 Å². The van der Waals surface area contributed by atoms with Gasteiger partial charge in [0, 0.05) is 11.1 Å². The van der Waals surface area contributed by atoms with Gasteiger partial charge in [0.2, 0.25) is 5.90 Å². The molecular formula is C97H91BCl3F13N3O10PS2. The van der Waals surface area contributed by atoms with Crippen LogP contribution in [0.4, 0.5) is 57.1 Å². The summed E-state index contributed by atoms with van der Waals surface area (Å²) in [7, 11) is -13.5. The van der Waals surface area contributed by atoms with Gasteiger partial charge in [-0.15, -0.1) is 0 Å². The molecule has 2 N–H and O–H groups in total. The highest BCUT2D eigenvalue weighted by atomic mass is 36.0. The van der Waals surface area contributed by atoms with Crippen molar-refractivity contribution in [2.24, 2.45) is 4.99 Å². The molecule has 33 heteroatoms. The molecule has 0 aromatic heterocycles. The molecule has 11 aromatic carbocycles. The number of ether oxygens (including phenoxy) is 1. The van der Waals surface area contributed by atoms with Crippen LogP contribution in [-0.2, 0) is 107 Å². The number of halogens is 16. The van der Waals surface area contributed by atoms with E-state index in [9.17, 15) is 74.1 Å². The normalized spacial score (nSPS) is 13.4. The number of aryl methyl sites for hydroxylation is 10. The average Bonchev–Trinajstić information content (AvgIpc) is 1.04. The molecule has 0 atom stereocenters. The molecule has 13 nitrogen and oxygen atoms in total. The van der Waals surface area contributed by atoms with Gasteiger partial charge in [-0.2, -0.15) is 53.7 Å². The lowest BCUT2D eigenvalue weighted by Crippen LogP contribution is -2.30. The molecule has 0 radical (unpaired) electrons. The molecule has 0 amide bonds. The molecule has 0 saturated heterocycles. The standard InChI is InChI=1S/2C24H19F2N.2C18H16F4O3S.C11H13BFNO3.2CH4.Cl3OP/c1-2-3-15-4-9-20-16(10-15)5-6-17-11-22(24(26)13-21(17)20)18-7-8-19(14-27)23(25)12-18;1-2-3-15-4-8-19-16(12-15)7-9-22-21(19)11-10-20(24(22)26)17-5-6-18(14-27)23(25)13-17;1-2-3-11-4-7-14-12(8-11)5-6-13-9-17(16(19)10-15(13)14)25-26(23,24)18(20,21)22;1-2-3-11-4-6-13-12(10-11)5-7-15-14(13)8-9-16(17(15)19)25-26(23,24)18(20,21)22;1-11(2)6-17-10(14-11)8-4-3-7(12(15)16)5-9(8)13;;;1-5(2,3)4/h4,7-13H,2-3,5-6H2,1H3;4-6,8,10-13H,2-3,7,9H2,1H3;4,7-10H,2-3,5-6H2,1H3;4,6,8-10H,2-3,5,7H2,1H3;3-5,15-16H,6H2,1-2H3;2*1H4;. The van der Waals surface area contributed by atoms with Crippen LogP contribution in [0.25, 0.3) is 66.8 Å². The lowest BCUT2D eigenvalue weighted by atomic mass is 9.80. The van der Waals surface area contributed by atoms with E-state index in [0.717, 1.165) is 145 Å². The topological polar surface area (TPSA) is 213 Å². The van der Waals surface area contributed by atoms with Gasteiger partial charge in [-0.3, -0.25) is 4.57 Å². The van der Waals surface area contributed by atoms with Crippen molar-refractivity contribution in [2.75, 3.05) is 6.61 Å². The van der Waals surface area contributed by atoms with Gasteiger partial charge in [0.05, 0.1) is 22.2 Å². The minimum atomic E-state index is -5.91. The van der Waals surface area contributed by atoms with Crippen molar-refractivity contribution < 1.29 is 102 Å². The first-order valence-electron chi connectivity index (χ1n) is 40.6. The summed E-state index contributed by atoms with van der Waals surface area (Å²) in [5, 5.41) is 32.4. The SMILES string of the molecule is C.C.CC1(C)COC(c2ccc(B(O)O)cc2F)=N1.CCCc1ccc2c(c1)CCc1c-2ccc(-c2ccc(C#N)c(F)c2)c1F.CCCc1ccc2c(c1)CCc1c-2ccc(OS(=O)(=O)C(F)(F)F)c1F.CCCc1ccc2c(c1)CCc1cc(-c3ccc(C#N)c(F)c3)c(F)cc1-2.CCCc1ccc2c(c1)CCc1cc(OS(=O)(=O)C(F)(F)F)c(F)cc1-2.O=P(Cl)(Cl)Cl. The van der Waals surface area contributed by atoms with E-state index >= 15 is 4.39 Å². The molecule has 686 valence electrons. The van der Waals surface area contributed by atoms with E-state index < -0.39 is 84.2 Å². The number of nitrogens with zero attached hydrogens (tertiary/aromatic N) is 3. The first-order chi connectivity index (χ1) is 60.4. The third-order valence-corrected chi connectivity index (χ3v) is 23.6. The van der Waals surface area contributed by atoms with E-state index in [-0.39, 0.29) is 72.1 Å². The maximum Gasteiger partial charge on any atom is 0.534 e. The Morgan fingerprint density at radius 1 is 0.423 bits per heavy atom. The molecule has 5 aliphatic rings. The Morgan fingerprint density at radius 2 is 0.769 bits per heavy atom. The first-order valence-corrected chi connectivity index (χ1v) is 47.9. The van der Waals surface area contributed by atoms with Gasteiger partial charge in [0.1, 0.15) is 47.8 Å². The summed E-state index contributed by atoms with van der Waals surface area (Å²) in [5.41, 5.74) is 9.17. The van der Waals surface area contributed by atoms with Crippen LogP contribution >= 0.6 is 38.9 Å². The summed E-state index contributed by atoms with van der Waals surface area (Å²) in [5.74, 6) is -6.33. The van der Waals surface area contributed by atoms with Crippen LogP contribution in [0.15, 0.2) is 181 Å². The molecule has 0 spiro atoms. The number of fused-ring (bicyclic) bond motifs is 12. The Morgan fingerprint density at radius 3 is 1.15 bits per heavy atom. The van der Waals surface area contributed by atoms with E-state index in [1.807, 2.05) is 50.2 Å². The Balaban J connectivity index is 0.000000181. The zero-order valence-corrected chi connectivity index (χ0v) is 74.4. The minimum Gasteiger partial charge on any atom is -0.475 e. The molecule has 130 heavy (non-hydrogen) atoms. The molecule has 0 saturated carbocycles. The lowest BCUT2D eigenvalue weighted by molar-refractivity contribution is -0.0505. The van der Waals surface area contributed by atoms with Gasteiger partial charge in [0.15, 0.2) is 23.1 Å². The Bertz CT molecular complexity index is 6270. The van der Waals surface area contributed by atoms with Crippen LogP contribution in [0.1, 0.15) is 166 Å². The second-order valence-corrected chi connectivity index (χ2v) is 41.1. The summed E-state index contributed by atoms with van der Waals surface area (Å²) in [6.45, 7) is 12.7. The maximum atomic E-state index is 15.3. The fourth-order valence-corrected chi connectivity index (χ4v) is 16.6. The van der Waals surface area contributed by atoms with Crippen LogP contribution in [0.2, 0.25) is 0 Å². The van der Waals surface area contributed by atoms with Crippen molar-refractivity contribution in [3.05, 3.63) is 300 Å². The van der Waals surface area contributed by atoms with Crippen molar-refractivity contribution >= 4 is 77.6 Å². The highest BCUT2D eigenvalue weighted by molar-refractivity contribution is 8.24. The van der Waals surface area contributed by atoms with Crippen LogP contribution < -0.4 is 13.8 Å². The van der Waals surface area contributed by atoms with Crippen molar-refractivity contribution in [2.45, 2.75) is 176 Å². The van der Waals surface area contributed by atoms with E-state index in [4.69, 9.17) is 25.3 Å². The van der Waals surface area contributed by atoms with Gasteiger partial charge in [-0.05, 0) is 319 Å². The average molecular weight is 1920 g/mol.